The molecule has 0 radical (unpaired) electrons. The Labute approximate surface area is 332 Å². The second-order valence-corrected chi connectivity index (χ2v) is 14.7. The van der Waals surface area contributed by atoms with Crippen LogP contribution in [0.4, 0.5) is 4.79 Å². The number of ether oxygens (including phenoxy) is 1. The maximum absolute atomic E-state index is 13.5. The zero-order valence-electron chi connectivity index (χ0n) is 32.0. The third-order valence-corrected chi connectivity index (χ3v) is 10.9. The molecule has 2 N–H and O–H groups in total. The van der Waals surface area contributed by atoms with Gasteiger partial charge in [0.1, 0.15) is 6.54 Å². The number of hydrogen-bond acceptors (Lipinski definition) is 6. The van der Waals surface area contributed by atoms with E-state index in [1.165, 1.54) is 59.1 Å². The number of nitrogens with one attached hydrogen (secondary N) is 2. The van der Waals surface area contributed by atoms with E-state index in [0.717, 1.165) is 5.56 Å². The van der Waals surface area contributed by atoms with Gasteiger partial charge in [-0.3, -0.25) is 24.3 Å². The molecule has 0 unspecified atom stereocenters. The highest BCUT2D eigenvalue weighted by atomic mass is 16.6. The lowest BCUT2D eigenvalue weighted by Crippen LogP contribution is -2.43. The number of carbonyl (C=O) groups excluding carboxylic acids is 3. The Balaban J connectivity index is 1.11. The first kappa shape index (κ1) is 37.6. The Bertz CT molecular complexity index is 2430. The highest BCUT2D eigenvalue weighted by Gasteiger charge is 2.22. The van der Waals surface area contributed by atoms with Crippen molar-refractivity contribution >= 4 is 61.0 Å². The highest BCUT2D eigenvalue weighted by molar-refractivity contribution is 6.03. The van der Waals surface area contributed by atoms with Gasteiger partial charge in [0.2, 0.25) is 5.91 Å². The van der Waals surface area contributed by atoms with Crippen LogP contribution in [0.15, 0.2) is 140 Å². The van der Waals surface area contributed by atoms with E-state index in [-0.39, 0.29) is 19.0 Å². The van der Waals surface area contributed by atoms with Gasteiger partial charge in [0.15, 0.2) is 6.61 Å². The van der Waals surface area contributed by atoms with Crippen molar-refractivity contribution in [3.63, 3.8) is 0 Å². The summed E-state index contributed by atoms with van der Waals surface area (Å²) in [5.74, 6) is -0.687. The van der Waals surface area contributed by atoms with Gasteiger partial charge in [-0.1, -0.05) is 127 Å². The fourth-order valence-electron chi connectivity index (χ4n) is 8.02. The van der Waals surface area contributed by atoms with Crippen LogP contribution in [0.5, 0.6) is 0 Å². The summed E-state index contributed by atoms with van der Waals surface area (Å²) in [7, 11) is 0. The zero-order valence-corrected chi connectivity index (χ0v) is 32.0. The molecule has 8 rings (SSSR count). The predicted octanol–water partition coefficient (Wildman–Crippen LogP) is 7.49. The maximum atomic E-state index is 13.5. The first-order chi connectivity index (χ1) is 28.0. The molecule has 9 heteroatoms. The summed E-state index contributed by atoms with van der Waals surface area (Å²) in [6, 6.07) is 48.0. The molecule has 1 aliphatic heterocycles. The lowest BCUT2D eigenvalue weighted by Gasteiger charge is -2.29. The van der Waals surface area contributed by atoms with Crippen LogP contribution in [0.1, 0.15) is 16.7 Å². The molecule has 1 saturated heterocycles. The Morgan fingerprint density at radius 1 is 0.474 bits per heavy atom. The van der Waals surface area contributed by atoms with E-state index in [0.29, 0.717) is 52.4 Å². The minimum atomic E-state index is -0.720. The van der Waals surface area contributed by atoms with Crippen LogP contribution in [0.3, 0.4) is 0 Å². The van der Waals surface area contributed by atoms with Crippen molar-refractivity contribution in [1.82, 2.24) is 25.3 Å². The van der Waals surface area contributed by atoms with E-state index < -0.39 is 18.6 Å². The molecule has 0 saturated carbocycles. The number of cyclic esters (lactones) is 1. The first-order valence-electron chi connectivity index (χ1n) is 19.7. The SMILES string of the molecule is O=C1COC(=O)N(Cc2ccccc2)CC(=O)NCCN(Cc2c3ccccc3cc3ccccc23)CCN(Cc2c3ccccc3cc3ccccc23)CCN1. The van der Waals surface area contributed by atoms with E-state index in [2.05, 4.69) is 130 Å². The number of benzene rings is 7. The standard InChI is InChI=1S/C48H47N5O4/c54-46-33-53(30-35-12-2-1-3-13-35)48(56)57-34-47(55)50-23-25-52(32-45-42-20-10-6-16-38(42)29-39-17-7-11-21-43(39)45)27-26-51(24-22-49-46)31-44-40-18-8-4-14-36(40)28-37-15-5-9-19-41(37)44/h1-21,28-29H,22-27,30-34H2,(H,49,54)(H,50,55). The lowest BCUT2D eigenvalue weighted by molar-refractivity contribution is -0.124. The molecule has 0 atom stereocenters. The number of amides is 3. The van der Waals surface area contributed by atoms with Crippen molar-refractivity contribution in [2.45, 2.75) is 19.6 Å². The largest absolute Gasteiger partial charge is 0.439 e. The number of rotatable bonds is 6. The van der Waals surface area contributed by atoms with Gasteiger partial charge in [0.25, 0.3) is 5.91 Å². The number of hydrogen-bond donors (Lipinski definition) is 2. The Morgan fingerprint density at radius 3 is 1.37 bits per heavy atom. The van der Waals surface area contributed by atoms with E-state index in [9.17, 15) is 14.4 Å². The molecule has 7 aromatic carbocycles. The van der Waals surface area contributed by atoms with Gasteiger partial charge in [-0.25, -0.2) is 4.79 Å². The number of carbonyl (C=O) groups is 3. The van der Waals surface area contributed by atoms with Gasteiger partial charge in [0, 0.05) is 58.9 Å². The van der Waals surface area contributed by atoms with Crippen LogP contribution in [0, 0.1) is 0 Å². The Morgan fingerprint density at radius 2 is 0.895 bits per heavy atom. The normalized spacial score (nSPS) is 16.1. The van der Waals surface area contributed by atoms with Crippen LogP contribution in [0.25, 0.3) is 43.1 Å². The molecule has 288 valence electrons. The summed E-state index contributed by atoms with van der Waals surface area (Å²) >= 11 is 0. The average Bonchev–Trinajstić information content (AvgIpc) is 3.24. The molecule has 57 heavy (non-hydrogen) atoms. The summed E-state index contributed by atoms with van der Waals surface area (Å²) in [4.78, 5) is 46.0. The van der Waals surface area contributed by atoms with Crippen LogP contribution in [0.2, 0.25) is 0 Å². The van der Waals surface area contributed by atoms with Crippen molar-refractivity contribution in [3.8, 4) is 0 Å². The highest BCUT2D eigenvalue weighted by Crippen LogP contribution is 2.31. The summed E-state index contributed by atoms with van der Waals surface area (Å²) in [6.07, 6.45) is -0.720. The molecule has 0 aliphatic carbocycles. The summed E-state index contributed by atoms with van der Waals surface area (Å²) in [6.45, 7) is 4.25. The quantitative estimate of drug-likeness (QED) is 0.171. The van der Waals surface area contributed by atoms with Crippen LogP contribution in [-0.4, -0.2) is 85.0 Å². The average molecular weight is 758 g/mol. The van der Waals surface area contributed by atoms with Gasteiger partial charge in [0.05, 0.1) is 0 Å². The van der Waals surface area contributed by atoms with Crippen molar-refractivity contribution in [1.29, 1.82) is 0 Å². The fourth-order valence-corrected chi connectivity index (χ4v) is 8.02. The number of nitrogens with zero attached hydrogens (tertiary/aromatic N) is 3. The lowest BCUT2D eigenvalue weighted by atomic mass is 9.96. The third-order valence-electron chi connectivity index (χ3n) is 10.9. The Kier molecular flexibility index (Phi) is 11.7. The smallest absolute Gasteiger partial charge is 0.411 e. The number of fused-ring (bicyclic) bond motifs is 4. The van der Waals surface area contributed by atoms with E-state index in [1.54, 1.807) is 0 Å². The van der Waals surface area contributed by atoms with Crippen molar-refractivity contribution in [3.05, 3.63) is 156 Å². The van der Waals surface area contributed by atoms with Gasteiger partial charge in [-0.05, 0) is 71.9 Å². The van der Waals surface area contributed by atoms with Gasteiger partial charge >= 0.3 is 6.09 Å². The first-order valence-corrected chi connectivity index (χ1v) is 19.7. The molecule has 0 aromatic heterocycles. The van der Waals surface area contributed by atoms with E-state index >= 15 is 0 Å². The predicted molar refractivity (Wildman–Crippen MR) is 228 cm³/mol. The topological polar surface area (TPSA) is 94.2 Å². The summed E-state index contributed by atoms with van der Waals surface area (Å²) in [5, 5.41) is 15.6. The van der Waals surface area contributed by atoms with Crippen LogP contribution < -0.4 is 10.6 Å². The Hall–Kier alpha value is -6.29. The molecule has 3 amide bonds. The minimum Gasteiger partial charge on any atom is -0.439 e. The van der Waals surface area contributed by atoms with Crippen molar-refractivity contribution < 1.29 is 19.1 Å². The molecule has 1 aliphatic rings. The van der Waals surface area contributed by atoms with Gasteiger partial charge in [-0.15, -0.1) is 0 Å². The van der Waals surface area contributed by atoms with E-state index in [1.807, 2.05) is 30.3 Å². The van der Waals surface area contributed by atoms with Crippen molar-refractivity contribution in [2.24, 2.45) is 0 Å². The van der Waals surface area contributed by atoms with Gasteiger partial charge < -0.3 is 15.4 Å². The molecular formula is C48H47N5O4. The molecule has 1 fully saturated rings. The molecule has 0 bridgehead atoms. The molecule has 9 nitrogen and oxygen atoms in total. The summed E-state index contributed by atoms with van der Waals surface area (Å²) < 4.78 is 5.46. The monoisotopic (exact) mass is 757 g/mol. The maximum Gasteiger partial charge on any atom is 0.411 e. The fraction of sp³-hybridized carbons (Fsp3) is 0.229. The van der Waals surface area contributed by atoms with Gasteiger partial charge in [-0.2, -0.15) is 0 Å². The molecular weight excluding hydrogens is 711 g/mol. The van der Waals surface area contributed by atoms with Crippen LogP contribution >= 0.6 is 0 Å². The zero-order chi connectivity index (χ0) is 39.0. The van der Waals surface area contributed by atoms with E-state index in [4.69, 9.17) is 4.74 Å². The summed E-state index contributed by atoms with van der Waals surface area (Å²) in [5.41, 5.74) is 3.34. The second-order valence-electron chi connectivity index (χ2n) is 14.7. The van der Waals surface area contributed by atoms with Crippen molar-refractivity contribution in [2.75, 3.05) is 52.4 Å². The second kappa shape index (κ2) is 17.7. The molecule has 0 spiro atoms. The molecule has 7 aromatic rings. The molecule has 1 heterocycles. The van der Waals surface area contributed by atoms with Crippen LogP contribution in [-0.2, 0) is 34.0 Å². The third kappa shape index (κ3) is 9.07. The minimum absolute atomic E-state index is 0.173.